The molecule has 1 aromatic heterocycles. The van der Waals surface area contributed by atoms with Gasteiger partial charge in [-0.2, -0.15) is 0 Å². The van der Waals surface area contributed by atoms with Crippen LogP contribution in [0, 0.1) is 6.92 Å². The van der Waals surface area contributed by atoms with Gasteiger partial charge < -0.3 is 14.5 Å². The number of fused-ring (bicyclic) bond motifs is 1. The minimum absolute atomic E-state index is 0.0297. The maximum atomic E-state index is 13.5. The van der Waals surface area contributed by atoms with Crippen molar-refractivity contribution in [3.05, 3.63) is 90.1 Å². The average molecular weight is 517 g/mol. The van der Waals surface area contributed by atoms with Crippen LogP contribution in [-0.4, -0.2) is 57.5 Å². The molecule has 8 nitrogen and oxygen atoms in total. The quantitative estimate of drug-likeness (QED) is 0.411. The topological polar surface area (TPSA) is 91.8 Å². The maximum Gasteiger partial charge on any atom is 0.261 e. The van der Waals surface area contributed by atoms with E-state index in [9.17, 15) is 13.2 Å². The van der Waals surface area contributed by atoms with E-state index >= 15 is 0 Å². The third kappa shape index (κ3) is 4.95. The zero-order valence-electron chi connectivity index (χ0n) is 20.7. The largest absolute Gasteiger partial charge is 0.495 e. The minimum atomic E-state index is -3.94. The first-order valence-corrected chi connectivity index (χ1v) is 13.5. The van der Waals surface area contributed by atoms with Crippen LogP contribution in [0.1, 0.15) is 15.9 Å². The van der Waals surface area contributed by atoms with Gasteiger partial charge in [0, 0.05) is 43.3 Å². The summed E-state index contributed by atoms with van der Waals surface area (Å²) >= 11 is 0. The number of nitrogens with one attached hydrogen (secondary N) is 1. The summed E-state index contributed by atoms with van der Waals surface area (Å²) in [6.07, 6.45) is 1.62. The van der Waals surface area contributed by atoms with Crippen LogP contribution in [0.3, 0.4) is 0 Å². The first kappa shape index (κ1) is 24.6. The van der Waals surface area contributed by atoms with Crippen molar-refractivity contribution in [1.29, 1.82) is 0 Å². The molecule has 0 atom stereocenters. The highest BCUT2D eigenvalue weighted by atomic mass is 32.2. The lowest BCUT2D eigenvalue weighted by Gasteiger charge is -2.36. The Hall–Kier alpha value is -4.11. The minimum Gasteiger partial charge on any atom is -0.495 e. The van der Waals surface area contributed by atoms with E-state index in [0.29, 0.717) is 42.9 Å². The number of nitrogens with zero attached hydrogens (tertiary/aromatic N) is 3. The first-order chi connectivity index (χ1) is 17.9. The van der Waals surface area contributed by atoms with E-state index in [0.717, 1.165) is 22.4 Å². The van der Waals surface area contributed by atoms with Gasteiger partial charge in [-0.1, -0.05) is 36.4 Å². The molecule has 0 unspecified atom stereocenters. The molecule has 0 bridgehead atoms. The summed E-state index contributed by atoms with van der Waals surface area (Å²) in [4.78, 5) is 21.8. The molecule has 0 spiro atoms. The third-order valence-corrected chi connectivity index (χ3v) is 7.98. The van der Waals surface area contributed by atoms with Crippen LogP contribution in [0.5, 0.6) is 5.75 Å². The highest BCUT2D eigenvalue weighted by molar-refractivity contribution is 7.92. The number of methoxy groups -OCH3 is 1. The second-order valence-corrected chi connectivity index (χ2v) is 10.6. The van der Waals surface area contributed by atoms with Gasteiger partial charge >= 0.3 is 0 Å². The summed E-state index contributed by atoms with van der Waals surface area (Å²) in [5, 5.41) is 0.828. The highest BCUT2D eigenvalue weighted by Crippen LogP contribution is 2.29. The van der Waals surface area contributed by atoms with Crippen LogP contribution in [0.2, 0.25) is 0 Å². The second kappa shape index (κ2) is 10.1. The summed E-state index contributed by atoms with van der Waals surface area (Å²) in [6, 6.07) is 21.5. The van der Waals surface area contributed by atoms with Crippen molar-refractivity contribution in [3.63, 3.8) is 0 Å². The van der Waals surface area contributed by atoms with E-state index in [-0.39, 0.29) is 10.8 Å². The van der Waals surface area contributed by atoms with Gasteiger partial charge in [0.05, 0.1) is 28.9 Å². The monoisotopic (exact) mass is 516 g/mol. The molecule has 0 aliphatic carbocycles. The van der Waals surface area contributed by atoms with Crippen molar-refractivity contribution in [2.75, 3.05) is 42.9 Å². The molecule has 37 heavy (non-hydrogen) atoms. The number of pyridine rings is 1. The molecule has 4 aromatic rings. The van der Waals surface area contributed by atoms with Gasteiger partial charge in [-0.3, -0.25) is 14.5 Å². The van der Waals surface area contributed by atoms with Crippen LogP contribution >= 0.6 is 0 Å². The lowest BCUT2D eigenvalue weighted by Crippen LogP contribution is -2.49. The van der Waals surface area contributed by atoms with E-state index < -0.39 is 10.0 Å². The van der Waals surface area contributed by atoms with Crippen LogP contribution in [0.25, 0.3) is 10.9 Å². The van der Waals surface area contributed by atoms with Crippen molar-refractivity contribution in [3.8, 4) is 5.75 Å². The van der Waals surface area contributed by atoms with Crippen LogP contribution in [0.15, 0.2) is 83.9 Å². The number of aromatic nitrogens is 1. The van der Waals surface area contributed by atoms with Crippen molar-refractivity contribution >= 4 is 38.2 Å². The fourth-order valence-electron chi connectivity index (χ4n) is 4.60. The normalized spacial score (nSPS) is 14.0. The third-order valence-electron chi connectivity index (χ3n) is 6.62. The van der Waals surface area contributed by atoms with Crippen LogP contribution in [0.4, 0.5) is 11.4 Å². The number of piperazine rings is 1. The van der Waals surface area contributed by atoms with Crippen molar-refractivity contribution in [2.24, 2.45) is 0 Å². The molecule has 1 fully saturated rings. The maximum absolute atomic E-state index is 13.5. The number of aryl methyl sites for hydroxylation is 1. The Morgan fingerprint density at radius 3 is 2.49 bits per heavy atom. The smallest absolute Gasteiger partial charge is 0.261 e. The molecule has 1 N–H and O–H groups in total. The molecular formula is C28H28N4O4S. The Labute approximate surface area is 216 Å². The fourth-order valence-corrected chi connectivity index (χ4v) is 5.69. The molecular weight excluding hydrogens is 488 g/mol. The Morgan fingerprint density at radius 2 is 1.70 bits per heavy atom. The average Bonchev–Trinajstić information content (AvgIpc) is 2.93. The Balaban J connectivity index is 1.35. The zero-order valence-corrected chi connectivity index (χ0v) is 21.5. The number of benzene rings is 3. The number of hydrogen-bond acceptors (Lipinski definition) is 6. The van der Waals surface area contributed by atoms with E-state index in [1.165, 1.54) is 12.1 Å². The van der Waals surface area contributed by atoms with E-state index in [4.69, 9.17) is 4.74 Å². The highest BCUT2D eigenvalue weighted by Gasteiger charge is 2.26. The Kier molecular flexibility index (Phi) is 6.71. The number of amides is 1. The van der Waals surface area contributed by atoms with Gasteiger partial charge in [-0.25, -0.2) is 8.42 Å². The van der Waals surface area contributed by atoms with Crippen LogP contribution in [-0.2, 0) is 10.0 Å². The Morgan fingerprint density at radius 1 is 0.946 bits per heavy atom. The molecule has 0 saturated carbocycles. The molecule has 0 radical (unpaired) electrons. The second-order valence-electron chi connectivity index (χ2n) is 8.91. The fraction of sp³-hybridized carbons (Fsp3) is 0.214. The molecule has 1 saturated heterocycles. The van der Waals surface area contributed by atoms with Crippen molar-refractivity contribution in [1.82, 2.24) is 9.88 Å². The number of ether oxygens (including phenoxy) is 1. The lowest BCUT2D eigenvalue weighted by molar-refractivity contribution is 0.0745. The Bertz CT molecular complexity index is 1560. The van der Waals surface area contributed by atoms with Crippen LogP contribution < -0.4 is 14.4 Å². The number of hydrogen-bond donors (Lipinski definition) is 1. The summed E-state index contributed by atoms with van der Waals surface area (Å²) in [7, 11) is -2.30. The van der Waals surface area contributed by atoms with E-state index in [1.54, 1.807) is 42.5 Å². The lowest BCUT2D eigenvalue weighted by atomic mass is 10.1. The molecule has 1 aliphatic heterocycles. The number of sulfonamides is 1. The number of rotatable bonds is 6. The number of carbonyl (C=O) groups is 1. The van der Waals surface area contributed by atoms with Gasteiger partial charge in [0.25, 0.3) is 15.9 Å². The molecule has 3 aromatic carbocycles. The summed E-state index contributed by atoms with van der Waals surface area (Å²) in [5.41, 5.74) is 3.05. The number of anilines is 2. The molecule has 9 heteroatoms. The van der Waals surface area contributed by atoms with Crippen molar-refractivity contribution in [2.45, 2.75) is 11.8 Å². The first-order valence-electron chi connectivity index (χ1n) is 12.0. The molecule has 190 valence electrons. The zero-order chi connectivity index (χ0) is 26.0. The van der Waals surface area contributed by atoms with Gasteiger partial charge in [0.1, 0.15) is 5.75 Å². The van der Waals surface area contributed by atoms with Gasteiger partial charge in [0.2, 0.25) is 0 Å². The molecule has 5 rings (SSSR count). The molecule has 1 aliphatic rings. The van der Waals surface area contributed by atoms with Gasteiger partial charge in [-0.05, 0) is 48.9 Å². The number of carbonyl (C=O) groups excluding carboxylic acids is 1. The predicted octanol–water partition coefficient (Wildman–Crippen LogP) is 4.32. The van der Waals surface area contributed by atoms with Gasteiger partial charge in [0.15, 0.2) is 0 Å². The molecule has 2 heterocycles. The summed E-state index contributed by atoms with van der Waals surface area (Å²) < 4.78 is 34.7. The SMILES string of the molecule is COc1ccccc1N1CCN(C(=O)c2cc(S(=O)(=O)Nc3cccc4cccnc34)ccc2C)CC1. The summed E-state index contributed by atoms with van der Waals surface area (Å²) in [5.74, 6) is 0.617. The van der Waals surface area contributed by atoms with E-state index in [2.05, 4.69) is 14.6 Å². The summed E-state index contributed by atoms with van der Waals surface area (Å²) in [6.45, 7) is 4.16. The predicted molar refractivity (Wildman–Crippen MR) is 145 cm³/mol. The van der Waals surface area contributed by atoms with Gasteiger partial charge in [-0.15, -0.1) is 0 Å². The standard InChI is InChI=1S/C28H28N4O4S/c1-20-12-13-22(37(34,35)30-24-9-5-7-21-8-6-14-29-27(21)24)19-23(20)28(33)32-17-15-31(16-18-32)25-10-3-4-11-26(25)36-2/h3-14,19,30H,15-18H2,1-2H3. The molecule has 1 amide bonds. The van der Waals surface area contributed by atoms with E-state index in [1.807, 2.05) is 43.3 Å². The van der Waals surface area contributed by atoms with Crippen molar-refractivity contribution < 1.29 is 17.9 Å². The number of para-hydroxylation sites is 3.